The van der Waals surface area contributed by atoms with Gasteiger partial charge in [0.25, 0.3) is 0 Å². The Morgan fingerprint density at radius 2 is 1.33 bits per heavy atom. The van der Waals surface area contributed by atoms with Crippen molar-refractivity contribution >= 4 is 0 Å². The highest BCUT2D eigenvalue weighted by molar-refractivity contribution is 5.73. The molecule has 0 nitrogen and oxygen atoms in total. The molecule has 3 rings (SSSR count). The summed E-state index contributed by atoms with van der Waals surface area (Å²) < 4.78 is 39.8. The van der Waals surface area contributed by atoms with Gasteiger partial charge in [0, 0.05) is 0 Å². The average molecular weight is 277 g/mol. The summed E-state index contributed by atoms with van der Waals surface area (Å²) in [7, 11) is 0. The average Bonchev–Trinajstić information content (AvgIpc) is 2.65. The number of rotatable bonds is 3. The predicted octanol–water partition coefficient (Wildman–Crippen LogP) is 6.14. The summed E-state index contributed by atoms with van der Waals surface area (Å²) in [6, 6.07) is 14.4. The van der Waals surface area contributed by atoms with Gasteiger partial charge in [-0.3, -0.25) is 0 Å². The Labute approximate surface area is 134 Å². The van der Waals surface area contributed by atoms with Crippen molar-refractivity contribution < 1.29 is 6.85 Å². The monoisotopic (exact) mass is 277 g/mol. The van der Waals surface area contributed by atoms with E-state index in [0.29, 0.717) is 11.5 Å². The summed E-state index contributed by atoms with van der Waals surface area (Å²) in [6.07, 6.45) is 0. The molecule has 0 heterocycles. The summed E-state index contributed by atoms with van der Waals surface area (Å²) in [5, 5.41) is 0. The molecule has 3 aromatic rings. The summed E-state index contributed by atoms with van der Waals surface area (Å²) in [4.78, 5) is 0. The van der Waals surface area contributed by atoms with Gasteiger partial charge in [-0.1, -0.05) is 86.5 Å². The molecule has 0 fully saturated rings. The van der Waals surface area contributed by atoms with Crippen molar-refractivity contribution in [2.45, 2.75) is 19.8 Å². The zero-order chi connectivity index (χ0) is 19.0. The molecule has 0 atom stereocenters. The lowest BCUT2D eigenvalue weighted by molar-refractivity contribution is 0.867. The molecule has 0 bridgehead atoms. The van der Waals surface area contributed by atoms with Crippen LogP contribution in [0.4, 0.5) is 0 Å². The second-order valence-corrected chi connectivity index (χ2v) is 5.36. The van der Waals surface area contributed by atoms with Crippen LogP contribution in [0.5, 0.6) is 0 Å². The fraction of sp³-hybridized carbons (Fsp3) is 0.143. The molecule has 0 unspecified atom stereocenters. The highest BCUT2D eigenvalue weighted by Crippen LogP contribution is 2.27. The van der Waals surface area contributed by atoms with E-state index in [0.717, 1.165) is 11.1 Å². The summed E-state index contributed by atoms with van der Waals surface area (Å²) >= 11 is 0. The van der Waals surface area contributed by atoms with Crippen molar-refractivity contribution in [3.8, 4) is 22.3 Å². The van der Waals surface area contributed by atoms with E-state index in [1.807, 2.05) is 18.2 Å². The predicted molar refractivity (Wildman–Crippen MR) is 91.4 cm³/mol. The van der Waals surface area contributed by atoms with Gasteiger partial charge in [0.1, 0.15) is 0 Å². The molecule has 0 amide bonds. The lowest BCUT2D eigenvalue weighted by atomic mass is 9.96. The minimum absolute atomic E-state index is 0.177. The number of benzene rings is 3. The van der Waals surface area contributed by atoms with Gasteiger partial charge in [-0.05, 0) is 39.8 Å². The molecule has 0 radical (unpaired) electrons. The van der Waals surface area contributed by atoms with E-state index in [4.69, 9.17) is 6.85 Å². The molecule has 0 aromatic heterocycles. The van der Waals surface area contributed by atoms with E-state index in [1.54, 1.807) is 6.07 Å². The first-order valence-electron chi connectivity index (χ1n) is 9.59. The van der Waals surface area contributed by atoms with E-state index in [9.17, 15) is 0 Å². The molecule has 0 saturated heterocycles. The molecule has 0 heteroatoms. The maximum Gasteiger partial charge on any atom is 0.0629 e. The Hall–Kier alpha value is -2.34. The van der Waals surface area contributed by atoms with Crippen LogP contribution in [-0.2, 0) is 0 Å². The second-order valence-electron chi connectivity index (χ2n) is 5.36. The zero-order valence-corrected chi connectivity index (χ0v) is 12.2. The van der Waals surface area contributed by atoms with E-state index in [-0.39, 0.29) is 35.8 Å². The van der Waals surface area contributed by atoms with Crippen molar-refractivity contribution in [2.75, 3.05) is 0 Å². The lowest BCUT2D eigenvalue weighted by Crippen LogP contribution is -1.87. The molecular formula is C21H20. The summed E-state index contributed by atoms with van der Waals surface area (Å²) in [5.74, 6) is 0.460. The molecule has 0 saturated carbocycles. The van der Waals surface area contributed by atoms with Gasteiger partial charge >= 0.3 is 0 Å². The van der Waals surface area contributed by atoms with Crippen molar-refractivity contribution in [2.24, 2.45) is 0 Å². The Balaban J connectivity index is 2.11. The Morgan fingerprint density at radius 3 is 1.95 bits per heavy atom. The number of hydrogen-bond acceptors (Lipinski definition) is 0. The van der Waals surface area contributed by atoms with Gasteiger partial charge in [0.2, 0.25) is 0 Å². The van der Waals surface area contributed by atoms with E-state index in [1.165, 1.54) is 5.56 Å². The van der Waals surface area contributed by atoms with Gasteiger partial charge in [-0.2, -0.15) is 0 Å². The lowest BCUT2D eigenvalue weighted by Gasteiger charge is -2.09. The van der Waals surface area contributed by atoms with E-state index < -0.39 is 0 Å². The molecular weight excluding hydrogens is 252 g/mol. The van der Waals surface area contributed by atoms with Gasteiger partial charge in [0.15, 0.2) is 0 Å². The third-order valence-corrected chi connectivity index (χ3v) is 3.56. The van der Waals surface area contributed by atoms with Crippen molar-refractivity contribution in [1.29, 1.82) is 0 Å². The topological polar surface area (TPSA) is 0 Å². The van der Waals surface area contributed by atoms with Crippen LogP contribution in [0.15, 0.2) is 78.7 Å². The highest BCUT2D eigenvalue weighted by atomic mass is 14.1. The van der Waals surface area contributed by atoms with Gasteiger partial charge in [0.05, 0.1) is 6.85 Å². The maximum atomic E-state index is 8.15. The van der Waals surface area contributed by atoms with Crippen LogP contribution >= 0.6 is 0 Å². The summed E-state index contributed by atoms with van der Waals surface area (Å²) in [6.45, 7) is 4.29. The Bertz CT molecular complexity index is 930. The van der Waals surface area contributed by atoms with Crippen molar-refractivity contribution in [3.63, 3.8) is 0 Å². The van der Waals surface area contributed by atoms with Crippen molar-refractivity contribution in [3.05, 3.63) is 84.3 Å². The Kier molecular flexibility index (Phi) is 2.51. The minimum Gasteiger partial charge on any atom is -0.0622 e. The molecule has 0 aliphatic rings. The van der Waals surface area contributed by atoms with Crippen LogP contribution in [0.25, 0.3) is 22.3 Å². The second kappa shape index (κ2) is 5.97. The standard InChI is InChI=1S/C21H20/c1-16(2)17-11-13-19(14-12-17)21-10-6-9-20(15-21)18-7-4-3-5-8-18/h3-16H,1-2H3/i3D,4D,5D,7D,8D. The van der Waals surface area contributed by atoms with Crippen LogP contribution in [0.3, 0.4) is 0 Å². The third-order valence-electron chi connectivity index (χ3n) is 3.56. The zero-order valence-electron chi connectivity index (χ0n) is 17.2. The minimum atomic E-state index is -0.371. The maximum absolute atomic E-state index is 8.15. The van der Waals surface area contributed by atoms with Crippen LogP contribution < -0.4 is 0 Å². The van der Waals surface area contributed by atoms with Gasteiger partial charge < -0.3 is 0 Å². The first kappa shape index (κ1) is 8.84. The molecule has 21 heavy (non-hydrogen) atoms. The molecule has 104 valence electrons. The molecule has 3 aromatic carbocycles. The fourth-order valence-corrected chi connectivity index (χ4v) is 2.31. The van der Waals surface area contributed by atoms with Gasteiger partial charge in [-0.15, -0.1) is 0 Å². The molecule has 0 N–H and O–H groups in total. The normalized spacial score (nSPS) is 14.1. The Morgan fingerprint density at radius 1 is 0.714 bits per heavy atom. The van der Waals surface area contributed by atoms with Crippen LogP contribution in [-0.4, -0.2) is 0 Å². The molecule has 0 spiro atoms. The number of hydrogen-bond donors (Lipinski definition) is 0. The van der Waals surface area contributed by atoms with Gasteiger partial charge in [-0.25, -0.2) is 0 Å². The fourth-order valence-electron chi connectivity index (χ4n) is 2.31. The molecule has 0 aliphatic heterocycles. The van der Waals surface area contributed by atoms with E-state index >= 15 is 0 Å². The quantitative estimate of drug-likeness (QED) is 0.539. The SMILES string of the molecule is [2H]c1c([2H])c([2H])c(-c2cccc(-c3ccc(C(C)C)cc3)c2)c([2H])c1[2H]. The first-order chi connectivity index (χ1) is 12.3. The third kappa shape index (κ3) is 3.05. The first-order valence-corrected chi connectivity index (χ1v) is 7.09. The van der Waals surface area contributed by atoms with Crippen LogP contribution in [0.1, 0.15) is 32.2 Å². The highest BCUT2D eigenvalue weighted by Gasteiger charge is 2.03. The smallest absolute Gasteiger partial charge is 0.0622 e. The largest absolute Gasteiger partial charge is 0.0629 e. The molecule has 0 aliphatic carbocycles. The van der Waals surface area contributed by atoms with Crippen molar-refractivity contribution in [1.82, 2.24) is 0 Å². The summed E-state index contributed by atoms with van der Waals surface area (Å²) in [5.41, 5.74) is 4.09. The van der Waals surface area contributed by atoms with E-state index in [2.05, 4.69) is 38.1 Å². The van der Waals surface area contributed by atoms with Crippen LogP contribution in [0.2, 0.25) is 0 Å². The van der Waals surface area contributed by atoms with Crippen LogP contribution in [0, 0.1) is 0 Å².